The van der Waals surface area contributed by atoms with E-state index in [4.69, 9.17) is 16.9 Å². The lowest BCUT2D eigenvalue weighted by Crippen LogP contribution is -2.14. The molecule has 0 aromatic heterocycles. The van der Waals surface area contributed by atoms with Crippen LogP contribution in [0.4, 0.5) is 5.69 Å². The molecule has 0 saturated carbocycles. The fourth-order valence-corrected chi connectivity index (χ4v) is 3.43. The highest BCUT2D eigenvalue weighted by Crippen LogP contribution is 2.31. The molecule has 0 saturated heterocycles. The van der Waals surface area contributed by atoms with Crippen LogP contribution >= 0.6 is 11.6 Å². The second-order valence-electron chi connectivity index (χ2n) is 4.33. The SMILES string of the molecule is Cc1cccc(O)c1NS(=O)(=O)c1cc(C#N)ccc1Cl. The summed E-state index contributed by atoms with van der Waals surface area (Å²) in [5.41, 5.74) is 0.816. The van der Waals surface area contributed by atoms with Crippen molar-refractivity contribution in [1.82, 2.24) is 0 Å². The lowest BCUT2D eigenvalue weighted by Gasteiger charge is -2.13. The molecule has 2 rings (SSSR count). The molecule has 5 nitrogen and oxygen atoms in total. The minimum absolute atomic E-state index is 0.00502. The van der Waals surface area contributed by atoms with Crippen LogP contribution in [0.25, 0.3) is 0 Å². The van der Waals surface area contributed by atoms with Crippen molar-refractivity contribution >= 4 is 27.3 Å². The molecule has 0 aliphatic rings. The number of phenolic OH excluding ortho intramolecular Hbond substituents is 1. The molecule has 0 heterocycles. The number of aryl methyl sites for hydroxylation is 1. The van der Waals surface area contributed by atoms with E-state index in [-0.39, 0.29) is 26.9 Å². The van der Waals surface area contributed by atoms with Crippen LogP contribution in [0.2, 0.25) is 5.02 Å². The van der Waals surface area contributed by atoms with E-state index >= 15 is 0 Å². The van der Waals surface area contributed by atoms with Crippen LogP contribution in [-0.2, 0) is 10.0 Å². The van der Waals surface area contributed by atoms with Gasteiger partial charge < -0.3 is 5.11 Å². The van der Waals surface area contributed by atoms with Crippen molar-refractivity contribution in [3.63, 3.8) is 0 Å². The summed E-state index contributed by atoms with van der Waals surface area (Å²) in [7, 11) is -4.01. The van der Waals surface area contributed by atoms with Gasteiger partial charge in [0.1, 0.15) is 10.6 Å². The Balaban J connectivity index is 2.51. The molecular weight excluding hydrogens is 312 g/mol. The Labute approximate surface area is 127 Å². The normalized spacial score (nSPS) is 10.9. The highest BCUT2D eigenvalue weighted by molar-refractivity contribution is 7.92. The fraction of sp³-hybridized carbons (Fsp3) is 0.0714. The maximum absolute atomic E-state index is 12.4. The number of benzene rings is 2. The molecule has 0 bridgehead atoms. The monoisotopic (exact) mass is 322 g/mol. The van der Waals surface area contributed by atoms with Gasteiger partial charge in [0, 0.05) is 0 Å². The number of para-hydroxylation sites is 1. The predicted molar refractivity (Wildman–Crippen MR) is 79.8 cm³/mol. The Morgan fingerprint density at radius 1 is 1.29 bits per heavy atom. The van der Waals surface area contributed by atoms with Gasteiger partial charge in [-0.1, -0.05) is 23.7 Å². The summed E-state index contributed by atoms with van der Waals surface area (Å²) in [4.78, 5) is -0.217. The van der Waals surface area contributed by atoms with Gasteiger partial charge in [0.2, 0.25) is 0 Å². The van der Waals surface area contributed by atoms with Gasteiger partial charge in [-0.3, -0.25) is 4.72 Å². The summed E-state index contributed by atoms with van der Waals surface area (Å²) in [5, 5.41) is 18.6. The number of halogens is 1. The number of hydrogen-bond acceptors (Lipinski definition) is 4. The zero-order chi connectivity index (χ0) is 15.6. The number of nitrogens with zero attached hydrogens (tertiary/aromatic N) is 1. The Hall–Kier alpha value is -2.23. The Morgan fingerprint density at radius 2 is 2.00 bits per heavy atom. The molecule has 0 atom stereocenters. The van der Waals surface area contributed by atoms with E-state index in [1.54, 1.807) is 19.1 Å². The first-order chi connectivity index (χ1) is 9.85. The van der Waals surface area contributed by atoms with E-state index in [1.165, 1.54) is 24.3 Å². The standard InChI is InChI=1S/C14H11ClN2O3S/c1-9-3-2-4-12(18)14(9)17-21(19,20)13-7-10(8-16)5-6-11(13)15/h2-7,17-18H,1H3. The third-order valence-corrected chi connectivity index (χ3v) is 4.67. The average Bonchev–Trinajstić information content (AvgIpc) is 2.43. The molecule has 2 aromatic carbocycles. The van der Waals surface area contributed by atoms with E-state index < -0.39 is 10.0 Å². The molecule has 108 valence electrons. The number of nitriles is 1. The lowest BCUT2D eigenvalue weighted by atomic mass is 10.2. The molecule has 0 amide bonds. The first-order valence-electron chi connectivity index (χ1n) is 5.86. The van der Waals surface area contributed by atoms with Gasteiger partial charge in [0.25, 0.3) is 10.0 Å². The predicted octanol–water partition coefficient (Wildman–Crippen LogP) is 3.03. The molecular formula is C14H11ClN2O3S. The molecule has 0 aliphatic heterocycles. The molecule has 0 spiro atoms. The summed E-state index contributed by atoms with van der Waals surface area (Å²) in [5.74, 6) is -0.189. The summed E-state index contributed by atoms with van der Waals surface area (Å²) >= 11 is 5.89. The van der Waals surface area contributed by atoms with Crippen molar-refractivity contribution in [3.8, 4) is 11.8 Å². The number of rotatable bonds is 3. The topological polar surface area (TPSA) is 90.2 Å². The smallest absolute Gasteiger partial charge is 0.263 e. The van der Waals surface area contributed by atoms with Crippen molar-refractivity contribution in [1.29, 1.82) is 5.26 Å². The van der Waals surface area contributed by atoms with E-state index in [0.29, 0.717) is 5.56 Å². The van der Waals surface area contributed by atoms with Crippen molar-refractivity contribution in [2.24, 2.45) is 0 Å². The highest BCUT2D eigenvalue weighted by atomic mass is 35.5. The molecule has 21 heavy (non-hydrogen) atoms. The largest absolute Gasteiger partial charge is 0.506 e. The van der Waals surface area contributed by atoms with Crippen LogP contribution in [0.1, 0.15) is 11.1 Å². The zero-order valence-corrected chi connectivity index (χ0v) is 12.5. The van der Waals surface area contributed by atoms with Crippen LogP contribution in [0.3, 0.4) is 0 Å². The van der Waals surface area contributed by atoms with E-state index in [0.717, 1.165) is 0 Å². The summed E-state index contributed by atoms with van der Waals surface area (Å²) in [6.45, 7) is 1.66. The Morgan fingerprint density at radius 3 is 2.62 bits per heavy atom. The number of hydrogen-bond donors (Lipinski definition) is 2. The Bertz CT molecular complexity index is 822. The molecule has 0 radical (unpaired) electrons. The summed E-state index contributed by atoms with van der Waals surface area (Å²) < 4.78 is 27.0. The van der Waals surface area contributed by atoms with Gasteiger partial charge in [-0.2, -0.15) is 5.26 Å². The molecule has 2 aromatic rings. The van der Waals surface area contributed by atoms with Gasteiger partial charge in [0.05, 0.1) is 22.3 Å². The van der Waals surface area contributed by atoms with Gasteiger partial charge >= 0.3 is 0 Å². The highest BCUT2D eigenvalue weighted by Gasteiger charge is 2.21. The van der Waals surface area contributed by atoms with Crippen LogP contribution in [0.15, 0.2) is 41.3 Å². The summed E-state index contributed by atoms with van der Waals surface area (Å²) in [6.07, 6.45) is 0. The molecule has 0 aliphatic carbocycles. The molecule has 0 fully saturated rings. The molecule has 0 unspecified atom stereocenters. The van der Waals surface area contributed by atoms with Crippen molar-refractivity contribution in [2.45, 2.75) is 11.8 Å². The fourth-order valence-electron chi connectivity index (χ4n) is 1.75. The van der Waals surface area contributed by atoms with Crippen LogP contribution in [0, 0.1) is 18.3 Å². The van der Waals surface area contributed by atoms with Crippen LogP contribution in [-0.4, -0.2) is 13.5 Å². The number of aromatic hydroxyl groups is 1. The van der Waals surface area contributed by atoms with Gasteiger partial charge in [-0.05, 0) is 36.8 Å². The third kappa shape index (κ3) is 3.10. The number of anilines is 1. The lowest BCUT2D eigenvalue weighted by molar-refractivity contribution is 0.477. The van der Waals surface area contributed by atoms with E-state index in [2.05, 4.69) is 4.72 Å². The van der Waals surface area contributed by atoms with E-state index in [9.17, 15) is 13.5 Å². The second kappa shape index (κ2) is 5.64. The zero-order valence-electron chi connectivity index (χ0n) is 11.0. The first kappa shape index (κ1) is 15.2. The van der Waals surface area contributed by atoms with Crippen molar-refractivity contribution in [2.75, 3.05) is 4.72 Å². The van der Waals surface area contributed by atoms with Gasteiger partial charge in [0.15, 0.2) is 0 Å². The average molecular weight is 323 g/mol. The summed E-state index contributed by atoms with van der Waals surface area (Å²) in [6, 6.07) is 10.4. The Kier molecular flexibility index (Phi) is 4.07. The third-order valence-electron chi connectivity index (χ3n) is 2.84. The van der Waals surface area contributed by atoms with Crippen molar-refractivity contribution < 1.29 is 13.5 Å². The minimum Gasteiger partial charge on any atom is -0.506 e. The number of sulfonamides is 1. The first-order valence-corrected chi connectivity index (χ1v) is 7.72. The van der Waals surface area contributed by atoms with Crippen LogP contribution < -0.4 is 4.72 Å². The quantitative estimate of drug-likeness (QED) is 0.850. The van der Waals surface area contributed by atoms with Crippen molar-refractivity contribution in [3.05, 3.63) is 52.5 Å². The number of phenols is 1. The second-order valence-corrected chi connectivity index (χ2v) is 6.39. The van der Waals surface area contributed by atoms with E-state index in [1.807, 2.05) is 6.07 Å². The maximum atomic E-state index is 12.4. The van der Waals surface area contributed by atoms with Crippen LogP contribution in [0.5, 0.6) is 5.75 Å². The number of nitrogens with one attached hydrogen (secondary N) is 1. The molecule has 7 heteroatoms. The van der Waals surface area contributed by atoms with Gasteiger partial charge in [-0.15, -0.1) is 0 Å². The molecule has 2 N–H and O–H groups in total. The maximum Gasteiger partial charge on any atom is 0.263 e. The van der Waals surface area contributed by atoms with Gasteiger partial charge in [-0.25, -0.2) is 8.42 Å². The minimum atomic E-state index is -4.01.